The summed E-state index contributed by atoms with van der Waals surface area (Å²) in [7, 11) is 3.08. The summed E-state index contributed by atoms with van der Waals surface area (Å²) in [4.78, 5) is 12.0. The Balaban J connectivity index is 2.34. The van der Waals surface area contributed by atoms with Gasteiger partial charge in [0.2, 0.25) is 0 Å². The molecule has 1 aliphatic rings. The molecule has 21 heavy (non-hydrogen) atoms. The van der Waals surface area contributed by atoms with Crippen LogP contribution in [-0.4, -0.2) is 26.2 Å². The van der Waals surface area contributed by atoms with Gasteiger partial charge in [0.25, 0.3) is 5.91 Å². The second-order valence-electron chi connectivity index (χ2n) is 4.65. The van der Waals surface area contributed by atoms with E-state index in [4.69, 9.17) is 14.7 Å². The van der Waals surface area contributed by atoms with Crippen molar-refractivity contribution >= 4 is 27.9 Å². The van der Waals surface area contributed by atoms with E-state index in [2.05, 4.69) is 21.2 Å². The summed E-state index contributed by atoms with van der Waals surface area (Å²) in [6.07, 6.45) is 3.46. The average Bonchev–Trinajstić information content (AvgIpc) is 3.28. The lowest BCUT2D eigenvalue weighted by Gasteiger charge is -2.10. The number of carbonyl (C=O) groups excluding carboxylic acids is 1. The van der Waals surface area contributed by atoms with Crippen molar-refractivity contribution in [2.75, 3.05) is 14.2 Å². The summed E-state index contributed by atoms with van der Waals surface area (Å²) in [5.74, 6) is 0.793. The first kappa shape index (κ1) is 15.4. The zero-order valence-corrected chi connectivity index (χ0v) is 13.4. The van der Waals surface area contributed by atoms with E-state index >= 15 is 0 Å². The van der Waals surface area contributed by atoms with Gasteiger partial charge in [-0.2, -0.15) is 5.26 Å². The van der Waals surface area contributed by atoms with Crippen molar-refractivity contribution in [3.05, 3.63) is 27.7 Å². The van der Waals surface area contributed by atoms with Gasteiger partial charge in [-0.05, 0) is 40.9 Å². The number of nitriles is 1. The first-order valence-corrected chi connectivity index (χ1v) is 7.22. The molecule has 1 saturated carbocycles. The van der Waals surface area contributed by atoms with E-state index in [1.54, 1.807) is 19.2 Å². The molecule has 0 unspecified atom stereocenters. The van der Waals surface area contributed by atoms with Crippen LogP contribution < -0.4 is 14.8 Å². The molecule has 0 spiro atoms. The van der Waals surface area contributed by atoms with Crippen molar-refractivity contribution in [2.24, 2.45) is 0 Å². The lowest BCUT2D eigenvalue weighted by Crippen LogP contribution is -2.26. The number of carbonyl (C=O) groups is 1. The van der Waals surface area contributed by atoms with Crippen LogP contribution in [-0.2, 0) is 4.79 Å². The second-order valence-corrected chi connectivity index (χ2v) is 5.50. The van der Waals surface area contributed by atoms with Crippen molar-refractivity contribution in [2.45, 2.75) is 18.9 Å². The van der Waals surface area contributed by atoms with Gasteiger partial charge in [0.1, 0.15) is 23.1 Å². The van der Waals surface area contributed by atoms with Crippen molar-refractivity contribution in [3.8, 4) is 17.6 Å². The number of hydrogen-bond donors (Lipinski definition) is 1. The second kappa shape index (κ2) is 6.64. The Labute approximate surface area is 131 Å². The van der Waals surface area contributed by atoms with Gasteiger partial charge in [-0.25, -0.2) is 0 Å². The molecule has 110 valence electrons. The zero-order valence-electron chi connectivity index (χ0n) is 11.8. The average molecular weight is 351 g/mol. The van der Waals surface area contributed by atoms with Crippen LogP contribution in [0.4, 0.5) is 0 Å². The molecular weight excluding hydrogens is 336 g/mol. The standard InChI is InChI=1S/C15H15BrN2O3/c1-20-13-7-14(21-2)12(16)6-9(13)5-10(8-17)15(19)18-11-3-4-11/h5-7,11H,3-4H2,1-2H3,(H,18,19)/b10-5+. The smallest absolute Gasteiger partial charge is 0.262 e. The molecule has 1 N–H and O–H groups in total. The lowest BCUT2D eigenvalue weighted by molar-refractivity contribution is -0.117. The molecule has 1 aromatic carbocycles. The molecular formula is C15H15BrN2O3. The Kier molecular flexibility index (Phi) is 4.86. The highest BCUT2D eigenvalue weighted by atomic mass is 79.9. The first-order valence-electron chi connectivity index (χ1n) is 6.43. The normalized spacial score (nSPS) is 14.3. The molecule has 0 bridgehead atoms. The molecule has 2 rings (SSSR count). The van der Waals surface area contributed by atoms with E-state index in [0.717, 1.165) is 17.3 Å². The van der Waals surface area contributed by atoms with Gasteiger partial charge in [0, 0.05) is 17.7 Å². The van der Waals surface area contributed by atoms with Gasteiger partial charge in [0.05, 0.1) is 18.7 Å². The van der Waals surface area contributed by atoms with E-state index in [1.165, 1.54) is 13.2 Å². The Morgan fingerprint density at radius 3 is 2.57 bits per heavy atom. The van der Waals surface area contributed by atoms with Crippen LogP contribution in [0.15, 0.2) is 22.2 Å². The topological polar surface area (TPSA) is 71.3 Å². The number of hydrogen-bond acceptors (Lipinski definition) is 4. The molecule has 1 aliphatic carbocycles. The molecule has 0 saturated heterocycles. The third-order valence-electron chi connectivity index (χ3n) is 3.08. The number of amides is 1. The summed E-state index contributed by atoms with van der Waals surface area (Å²) in [6.45, 7) is 0. The monoisotopic (exact) mass is 350 g/mol. The van der Waals surface area contributed by atoms with Gasteiger partial charge >= 0.3 is 0 Å². The predicted octanol–water partition coefficient (Wildman–Crippen LogP) is 2.65. The predicted molar refractivity (Wildman–Crippen MR) is 82.0 cm³/mol. The Morgan fingerprint density at radius 1 is 1.38 bits per heavy atom. The van der Waals surface area contributed by atoms with Gasteiger partial charge in [-0.15, -0.1) is 0 Å². The summed E-state index contributed by atoms with van der Waals surface area (Å²) in [6, 6.07) is 5.58. The van der Waals surface area contributed by atoms with Crippen LogP contribution in [0.1, 0.15) is 18.4 Å². The fourth-order valence-corrected chi connectivity index (χ4v) is 2.31. The molecule has 1 amide bonds. The van der Waals surface area contributed by atoms with E-state index in [0.29, 0.717) is 17.1 Å². The number of methoxy groups -OCH3 is 2. The van der Waals surface area contributed by atoms with Crippen LogP contribution in [0.25, 0.3) is 6.08 Å². The summed E-state index contributed by atoms with van der Waals surface area (Å²) in [5.41, 5.74) is 0.685. The fraction of sp³-hybridized carbons (Fsp3) is 0.333. The lowest BCUT2D eigenvalue weighted by atomic mass is 10.1. The highest BCUT2D eigenvalue weighted by molar-refractivity contribution is 9.10. The van der Waals surface area contributed by atoms with Gasteiger partial charge in [0.15, 0.2) is 0 Å². The Hall–Kier alpha value is -2.00. The third kappa shape index (κ3) is 3.76. The maximum atomic E-state index is 12.0. The fourth-order valence-electron chi connectivity index (χ4n) is 1.79. The number of benzene rings is 1. The maximum Gasteiger partial charge on any atom is 0.262 e. The van der Waals surface area contributed by atoms with E-state index in [-0.39, 0.29) is 17.5 Å². The molecule has 0 heterocycles. The Bertz CT molecular complexity index is 631. The zero-order chi connectivity index (χ0) is 15.4. The number of nitrogens with one attached hydrogen (secondary N) is 1. The number of ether oxygens (including phenoxy) is 2. The summed E-state index contributed by atoms with van der Waals surface area (Å²) < 4.78 is 11.2. The van der Waals surface area contributed by atoms with Gasteiger partial charge in [-0.1, -0.05) is 0 Å². The van der Waals surface area contributed by atoms with Crippen molar-refractivity contribution in [1.82, 2.24) is 5.32 Å². The molecule has 0 atom stereocenters. The highest BCUT2D eigenvalue weighted by Crippen LogP contribution is 2.34. The first-order chi connectivity index (χ1) is 10.1. The minimum atomic E-state index is -0.353. The minimum Gasteiger partial charge on any atom is -0.496 e. The van der Waals surface area contributed by atoms with Crippen molar-refractivity contribution in [1.29, 1.82) is 5.26 Å². The highest BCUT2D eigenvalue weighted by Gasteiger charge is 2.25. The van der Waals surface area contributed by atoms with Crippen LogP contribution in [0.5, 0.6) is 11.5 Å². The minimum absolute atomic E-state index is 0.0530. The van der Waals surface area contributed by atoms with Gasteiger partial charge < -0.3 is 14.8 Å². The molecule has 1 aromatic rings. The summed E-state index contributed by atoms with van der Waals surface area (Å²) >= 11 is 3.38. The van der Waals surface area contributed by atoms with Gasteiger partial charge in [-0.3, -0.25) is 4.79 Å². The number of halogens is 1. The van der Waals surface area contributed by atoms with E-state index in [1.807, 2.05) is 6.07 Å². The molecule has 0 radical (unpaired) electrons. The van der Waals surface area contributed by atoms with Crippen LogP contribution in [0.2, 0.25) is 0 Å². The SMILES string of the molecule is COc1cc(OC)c(/C=C(\C#N)C(=O)NC2CC2)cc1Br. The van der Waals surface area contributed by atoms with Crippen LogP contribution >= 0.6 is 15.9 Å². The van der Waals surface area contributed by atoms with Crippen LogP contribution in [0.3, 0.4) is 0 Å². The Morgan fingerprint density at radius 2 is 2.05 bits per heavy atom. The quantitative estimate of drug-likeness (QED) is 0.654. The molecule has 5 nitrogen and oxygen atoms in total. The molecule has 0 aromatic heterocycles. The van der Waals surface area contributed by atoms with Crippen molar-refractivity contribution < 1.29 is 14.3 Å². The number of rotatable bonds is 5. The van der Waals surface area contributed by atoms with E-state index in [9.17, 15) is 4.79 Å². The number of nitrogens with zero attached hydrogens (tertiary/aromatic N) is 1. The maximum absolute atomic E-state index is 12.0. The third-order valence-corrected chi connectivity index (χ3v) is 3.70. The summed E-state index contributed by atoms with van der Waals surface area (Å²) in [5, 5.41) is 12.0. The van der Waals surface area contributed by atoms with Crippen LogP contribution in [0, 0.1) is 11.3 Å². The van der Waals surface area contributed by atoms with E-state index < -0.39 is 0 Å². The molecule has 1 fully saturated rings. The largest absolute Gasteiger partial charge is 0.496 e. The molecule has 0 aliphatic heterocycles. The van der Waals surface area contributed by atoms with Crippen molar-refractivity contribution in [3.63, 3.8) is 0 Å². The molecule has 6 heteroatoms.